The molecule has 0 aliphatic rings. The molecule has 0 fully saturated rings. The number of hydrogen-bond acceptors (Lipinski definition) is 10. The van der Waals surface area contributed by atoms with Crippen LogP contribution >= 0.6 is 11.8 Å². The number of ether oxygens (including phenoxy) is 2. The summed E-state index contributed by atoms with van der Waals surface area (Å²) in [6.07, 6.45) is -0.552. The Labute approximate surface area is 197 Å². The summed E-state index contributed by atoms with van der Waals surface area (Å²) in [5.74, 6) is 2.18. The monoisotopic (exact) mass is 496 g/mol. The molecule has 3 rings (SSSR count). The van der Waals surface area contributed by atoms with Gasteiger partial charge in [-0.1, -0.05) is 42.9 Å². The molecule has 0 aliphatic carbocycles. The third-order valence-electron chi connectivity index (χ3n) is 4.77. The fraction of sp³-hybridized carbons (Fsp3) is 0.500. The molecule has 0 saturated carbocycles. The summed E-state index contributed by atoms with van der Waals surface area (Å²) < 4.78 is 44.2. The minimum atomic E-state index is -3.60. The van der Waals surface area contributed by atoms with Crippen LogP contribution in [0.3, 0.4) is 0 Å². The third kappa shape index (κ3) is 5.79. The second-order valence-corrected chi connectivity index (χ2v) is 10.7. The maximum atomic E-state index is 12.6. The van der Waals surface area contributed by atoms with E-state index in [1.165, 1.54) is 30.2 Å². The van der Waals surface area contributed by atoms with Crippen LogP contribution in [0.4, 0.5) is 0 Å². The lowest BCUT2D eigenvalue weighted by atomic mass is 10.2. The van der Waals surface area contributed by atoms with Crippen molar-refractivity contribution in [2.45, 2.75) is 48.4 Å². The zero-order valence-corrected chi connectivity index (χ0v) is 21.1. The maximum absolute atomic E-state index is 12.6. The van der Waals surface area contributed by atoms with Crippen molar-refractivity contribution in [3.8, 4) is 11.4 Å². The van der Waals surface area contributed by atoms with Crippen LogP contribution in [0.5, 0.6) is 0 Å². The van der Waals surface area contributed by atoms with Crippen molar-refractivity contribution >= 4 is 21.8 Å². The number of hydrogen-bond donors (Lipinski definition) is 0. The number of rotatable bonds is 11. The number of thioether (sulfide) groups is 1. The van der Waals surface area contributed by atoms with Gasteiger partial charge in [-0.3, -0.25) is 4.57 Å². The lowest BCUT2D eigenvalue weighted by Crippen LogP contribution is -2.22. The highest BCUT2D eigenvalue weighted by atomic mass is 32.2. The van der Waals surface area contributed by atoms with Gasteiger partial charge in [0.1, 0.15) is 0 Å². The number of sulfonamides is 1. The summed E-state index contributed by atoms with van der Waals surface area (Å²) in [5.41, 5.74) is 0.600. The predicted octanol–water partition coefficient (Wildman–Crippen LogP) is 2.61. The predicted molar refractivity (Wildman–Crippen MR) is 122 cm³/mol. The maximum Gasteiger partial charge on any atom is 0.242 e. The molecule has 0 bridgehead atoms. The lowest BCUT2D eigenvalue weighted by molar-refractivity contribution is -0.111. The van der Waals surface area contributed by atoms with Crippen LogP contribution in [0.1, 0.15) is 31.5 Å². The number of aromatic nitrogens is 5. The van der Waals surface area contributed by atoms with Crippen LogP contribution in [-0.4, -0.2) is 72.2 Å². The molecule has 3 aromatic rings. The van der Waals surface area contributed by atoms with E-state index in [0.717, 1.165) is 0 Å². The van der Waals surface area contributed by atoms with Crippen molar-refractivity contribution < 1.29 is 22.4 Å². The first-order valence-corrected chi connectivity index (χ1v) is 12.6. The molecular formula is C20H28N6O5S2. The van der Waals surface area contributed by atoms with Gasteiger partial charge in [-0.15, -0.1) is 10.2 Å². The first-order valence-electron chi connectivity index (χ1n) is 10.1. The quantitative estimate of drug-likeness (QED) is 0.289. The highest BCUT2D eigenvalue weighted by molar-refractivity contribution is 7.98. The Bertz CT molecular complexity index is 1170. The first-order chi connectivity index (χ1) is 15.7. The molecule has 0 spiro atoms. The molecule has 11 nitrogen and oxygen atoms in total. The summed E-state index contributed by atoms with van der Waals surface area (Å²) in [4.78, 5) is 4.55. The Kier molecular flexibility index (Phi) is 8.23. The van der Waals surface area contributed by atoms with Crippen LogP contribution < -0.4 is 0 Å². The van der Waals surface area contributed by atoms with Gasteiger partial charge in [-0.2, -0.15) is 4.98 Å². The van der Waals surface area contributed by atoms with Crippen LogP contribution in [0.25, 0.3) is 11.4 Å². The van der Waals surface area contributed by atoms with Gasteiger partial charge in [0.25, 0.3) is 0 Å². The number of nitrogens with zero attached hydrogens (tertiary/aromatic N) is 6. The van der Waals surface area contributed by atoms with E-state index in [4.69, 9.17) is 14.0 Å². The van der Waals surface area contributed by atoms with Gasteiger partial charge in [0.15, 0.2) is 23.1 Å². The van der Waals surface area contributed by atoms with Gasteiger partial charge in [0.05, 0.1) is 17.2 Å². The lowest BCUT2D eigenvalue weighted by Gasteiger charge is -2.17. The van der Waals surface area contributed by atoms with E-state index in [9.17, 15) is 8.42 Å². The highest BCUT2D eigenvalue weighted by Gasteiger charge is 2.22. The summed E-state index contributed by atoms with van der Waals surface area (Å²) in [7, 11) is 2.46. The van der Waals surface area contributed by atoms with Gasteiger partial charge < -0.3 is 14.0 Å². The molecule has 180 valence electrons. The van der Waals surface area contributed by atoms with Gasteiger partial charge >= 0.3 is 0 Å². The molecule has 0 unspecified atom stereocenters. The fourth-order valence-electron chi connectivity index (χ4n) is 2.86. The SMILES string of the molecule is COC(Cn1c(SCc2nc(C(C)C)no2)nnc1-c1cccc(S(=O)(=O)N(C)C)c1)OC. The van der Waals surface area contributed by atoms with Crippen LogP contribution in [0.2, 0.25) is 0 Å². The normalized spacial score (nSPS) is 12.4. The van der Waals surface area contributed by atoms with Crippen LogP contribution in [0, 0.1) is 0 Å². The summed E-state index contributed by atoms with van der Waals surface area (Å²) >= 11 is 1.37. The second kappa shape index (κ2) is 10.7. The average Bonchev–Trinajstić information content (AvgIpc) is 3.43. The topological polar surface area (TPSA) is 125 Å². The van der Waals surface area contributed by atoms with Crippen LogP contribution in [0.15, 0.2) is 38.8 Å². The fourth-order valence-corrected chi connectivity index (χ4v) is 4.60. The highest BCUT2D eigenvalue weighted by Crippen LogP contribution is 2.28. The van der Waals surface area contributed by atoms with Crippen LogP contribution in [-0.2, 0) is 31.8 Å². The molecule has 0 amide bonds. The number of benzene rings is 1. The molecule has 0 radical (unpaired) electrons. The van der Waals surface area contributed by atoms with Crippen molar-refractivity contribution in [1.29, 1.82) is 0 Å². The molecule has 33 heavy (non-hydrogen) atoms. The van der Waals surface area contributed by atoms with Crippen molar-refractivity contribution in [3.05, 3.63) is 36.0 Å². The minimum Gasteiger partial charge on any atom is -0.354 e. The smallest absolute Gasteiger partial charge is 0.242 e. The van der Waals surface area contributed by atoms with E-state index >= 15 is 0 Å². The molecule has 0 aliphatic heterocycles. The first kappa shape index (κ1) is 25.3. The molecule has 13 heteroatoms. The Balaban J connectivity index is 1.96. The Hall–Kier alpha value is -2.32. The van der Waals surface area contributed by atoms with Gasteiger partial charge in [-0.25, -0.2) is 12.7 Å². The van der Waals surface area contributed by atoms with E-state index in [2.05, 4.69) is 20.3 Å². The van der Waals surface area contributed by atoms with Gasteiger partial charge in [0.2, 0.25) is 15.9 Å². The summed E-state index contributed by atoms with van der Waals surface area (Å²) in [6.45, 7) is 4.28. The van der Waals surface area contributed by atoms with Crippen molar-refractivity contribution in [2.24, 2.45) is 0 Å². The Morgan fingerprint density at radius 1 is 1.18 bits per heavy atom. The Morgan fingerprint density at radius 3 is 2.52 bits per heavy atom. The van der Waals surface area contributed by atoms with E-state index in [1.807, 2.05) is 18.4 Å². The summed E-state index contributed by atoms with van der Waals surface area (Å²) in [5, 5.41) is 13.2. The Morgan fingerprint density at radius 2 is 1.91 bits per heavy atom. The molecule has 2 aromatic heterocycles. The van der Waals surface area contributed by atoms with Crippen molar-refractivity contribution in [1.82, 2.24) is 29.2 Å². The number of methoxy groups -OCH3 is 2. The van der Waals surface area contributed by atoms with E-state index in [1.54, 1.807) is 38.5 Å². The molecule has 0 atom stereocenters. The zero-order valence-electron chi connectivity index (χ0n) is 19.4. The molecule has 1 aromatic carbocycles. The molecule has 0 saturated heterocycles. The second-order valence-electron chi connectivity index (χ2n) is 7.62. The molecule has 0 N–H and O–H groups in total. The largest absolute Gasteiger partial charge is 0.354 e. The van der Waals surface area contributed by atoms with Gasteiger partial charge in [0, 0.05) is 39.8 Å². The zero-order chi connectivity index (χ0) is 24.2. The molecule has 2 heterocycles. The van der Waals surface area contributed by atoms with Crippen molar-refractivity contribution in [3.63, 3.8) is 0 Å². The standard InChI is InChI=1S/C20H28N6O5S2/c1-13(2)18-21-16(31-24-18)12-32-20-23-22-19(26(20)11-17(29-5)30-6)14-8-7-9-15(10-14)33(27,28)25(3)4/h7-10,13,17H,11-12H2,1-6H3. The third-order valence-corrected chi connectivity index (χ3v) is 7.53. The minimum absolute atomic E-state index is 0.163. The van der Waals surface area contributed by atoms with Gasteiger partial charge in [-0.05, 0) is 12.1 Å². The van der Waals surface area contributed by atoms with E-state index < -0.39 is 16.3 Å². The molecular weight excluding hydrogens is 468 g/mol. The van der Waals surface area contributed by atoms with E-state index in [-0.39, 0.29) is 10.8 Å². The van der Waals surface area contributed by atoms with E-state index in [0.29, 0.717) is 40.6 Å². The van der Waals surface area contributed by atoms with Crippen molar-refractivity contribution in [2.75, 3.05) is 28.3 Å². The summed E-state index contributed by atoms with van der Waals surface area (Å²) in [6, 6.07) is 6.58. The average molecular weight is 497 g/mol.